The van der Waals surface area contributed by atoms with E-state index in [0.29, 0.717) is 9.71 Å². The number of aliphatic hydroxyl groups excluding tert-OH is 2. The van der Waals surface area contributed by atoms with E-state index in [0.717, 1.165) is 50.8 Å². The largest absolute Gasteiger partial charge is 0.394 e. The van der Waals surface area contributed by atoms with Gasteiger partial charge in [0.05, 0.1) is 50.5 Å². The van der Waals surface area contributed by atoms with Crippen molar-refractivity contribution in [1.29, 1.82) is 0 Å². The fraction of sp³-hybridized carbons (Fsp3) is 0.229. The molecule has 0 radical (unpaired) electrons. The molecule has 8 rings (SSSR count). The van der Waals surface area contributed by atoms with Crippen molar-refractivity contribution in [3.05, 3.63) is 117 Å². The van der Waals surface area contributed by atoms with E-state index in [2.05, 4.69) is 25.3 Å². The average Bonchev–Trinajstić information content (AvgIpc) is 3.97. The molecule has 1 saturated heterocycles. The van der Waals surface area contributed by atoms with Crippen LogP contribution in [0.3, 0.4) is 0 Å². The highest BCUT2D eigenvalue weighted by atomic mass is 35.5. The zero-order chi connectivity index (χ0) is 39.1. The molecule has 284 valence electrons. The molecule has 1 fully saturated rings. The van der Waals surface area contributed by atoms with Gasteiger partial charge in [0, 0.05) is 47.1 Å². The molecule has 12 nitrogen and oxygen atoms in total. The molecule has 0 bridgehead atoms. The van der Waals surface area contributed by atoms with Gasteiger partial charge >= 0.3 is 0 Å². The Morgan fingerprint density at radius 2 is 1.47 bits per heavy atom. The lowest BCUT2D eigenvalue weighted by molar-refractivity contribution is -0.338. The lowest BCUT2D eigenvalue weighted by atomic mass is 9.86. The number of nitrogens with zero attached hydrogens (tertiary/aromatic N) is 8. The van der Waals surface area contributed by atoms with Gasteiger partial charge in [-0.3, -0.25) is 0 Å². The second-order valence-electron chi connectivity index (χ2n) is 12.8. The molecule has 3 N–H and O–H groups in total. The van der Waals surface area contributed by atoms with Gasteiger partial charge in [0.25, 0.3) is 5.72 Å². The van der Waals surface area contributed by atoms with Crippen LogP contribution in [0.5, 0.6) is 0 Å². The fourth-order valence-electron chi connectivity index (χ4n) is 6.75. The van der Waals surface area contributed by atoms with Crippen LogP contribution in [0.25, 0.3) is 38.2 Å². The van der Waals surface area contributed by atoms with Crippen molar-refractivity contribution in [3.63, 3.8) is 0 Å². The lowest BCUT2D eigenvalue weighted by Crippen LogP contribution is -2.68. The van der Waals surface area contributed by atoms with E-state index < -0.39 is 75.8 Å². The van der Waals surface area contributed by atoms with Crippen molar-refractivity contribution in [1.82, 2.24) is 39.3 Å². The maximum atomic E-state index is 15.6. The molecule has 0 spiro atoms. The third-order valence-corrected chi connectivity index (χ3v) is 10.8. The Hall–Kier alpha value is -4.82. The summed E-state index contributed by atoms with van der Waals surface area (Å²) in [6, 6.07) is 7.34. The second-order valence-corrected chi connectivity index (χ2v) is 14.8. The highest BCUT2D eigenvalue weighted by Crippen LogP contribution is 2.50. The normalized spacial score (nSPS) is 21.5. The zero-order valence-electron chi connectivity index (χ0n) is 28.2. The minimum atomic E-state index is -2.70. The topological polar surface area (TPSA) is 149 Å². The van der Waals surface area contributed by atoms with Gasteiger partial charge in [-0.15, -0.1) is 11.3 Å². The van der Waals surface area contributed by atoms with Crippen LogP contribution in [0.1, 0.15) is 23.1 Å². The van der Waals surface area contributed by atoms with E-state index in [-0.39, 0.29) is 45.1 Å². The van der Waals surface area contributed by atoms with Crippen molar-refractivity contribution in [2.75, 3.05) is 6.61 Å². The molecule has 20 heteroatoms. The number of aromatic nitrogens is 8. The average molecular weight is 820 g/mol. The Kier molecular flexibility index (Phi) is 9.07. The minimum Gasteiger partial charge on any atom is -0.394 e. The predicted octanol–water partition coefficient (Wildman–Crippen LogP) is 6.41. The van der Waals surface area contributed by atoms with Gasteiger partial charge in [-0.2, -0.15) is 15.3 Å². The molecular weight excluding hydrogens is 794 g/mol. The van der Waals surface area contributed by atoms with Gasteiger partial charge in [0.2, 0.25) is 5.72 Å². The van der Waals surface area contributed by atoms with Crippen LogP contribution < -0.4 is 0 Å². The van der Waals surface area contributed by atoms with Gasteiger partial charge in [0.1, 0.15) is 17.4 Å². The number of fused-ring (bicyclic) bond motifs is 1. The van der Waals surface area contributed by atoms with Crippen LogP contribution in [0, 0.1) is 42.9 Å². The number of rotatable bonds is 7. The van der Waals surface area contributed by atoms with E-state index in [1.807, 2.05) is 0 Å². The molecule has 0 amide bonds. The number of aryl methyl sites for hydroxylation is 2. The first-order valence-corrected chi connectivity index (χ1v) is 17.8. The Labute approximate surface area is 320 Å². The molecule has 1 unspecified atom stereocenters. The number of halogens is 7. The van der Waals surface area contributed by atoms with E-state index in [9.17, 15) is 24.1 Å². The Balaban J connectivity index is 1.42. The maximum Gasteiger partial charge on any atom is 0.272 e. The summed E-state index contributed by atoms with van der Waals surface area (Å²) in [4.78, 5) is 8.85. The van der Waals surface area contributed by atoms with Crippen LogP contribution in [0.4, 0.5) is 22.0 Å². The molecule has 0 aliphatic carbocycles. The van der Waals surface area contributed by atoms with Gasteiger partial charge < -0.3 is 20.1 Å². The summed E-state index contributed by atoms with van der Waals surface area (Å²) in [5, 5.41) is 47.8. The summed E-state index contributed by atoms with van der Waals surface area (Å²) in [5.41, 5.74) is -5.84. The SMILES string of the molecule is Cc1nc(C2(n3cc(-c4ccc(Cl)c(F)c4F)cn3)O[C@@H](CO)[C@@H](O)C[C@@]2(O)n2cc(-c3ccc(Cl)c(F)c3F)cn2)n(-c2cc(F)c3nc(C)sc3c2)n1. The molecule has 7 aromatic rings. The van der Waals surface area contributed by atoms with Crippen LogP contribution in [-0.2, 0) is 16.2 Å². The van der Waals surface area contributed by atoms with Crippen LogP contribution in [0.2, 0.25) is 10.0 Å². The van der Waals surface area contributed by atoms with E-state index in [1.54, 1.807) is 13.0 Å². The number of hydrogen-bond acceptors (Lipinski definition) is 10. The van der Waals surface area contributed by atoms with Gasteiger partial charge in [-0.05, 0) is 44.2 Å². The highest BCUT2D eigenvalue weighted by Gasteiger charge is 2.66. The van der Waals surface area contributed by atoms with Crippen LogP contribution in [-0.4, -0.2) is 73.4 Å². The van der Waals surface area contributed by atoms with Gasteiger partial charge in [-0.1, -0.05) is 23.2 Å². The summed E-state index contributed by atoms with van der Waals surface area (Å²) >= 11 is 12.8. The van der Waals surface area contributed by atoms with Crippen molar-refractivity contribution >= 4 is 44.8 Å². The van der Waals surface area contributed by atoms with Crippen molar-refractivity contribution in [3.8, 4) is 27.9 Å². The van der Waals surface area contributed by atoms with Crippen molar-refractivity contribution < 1.29 is 42.0 Å². The first kappa shape index (κ1) is 37.1. The molecule has 3 aromatic carbocycles. The highest BCUT2D eigenvalue weighted by molar-refractivity contribution is 7.18. The molecular formula is C35H25Cl2F5N8O4S. The zero-order valence-corrected chi connectivity index (χ0v) is 30.6. The third-order valence-electron chi connectivity index (χ3n) is 9.33. The first-order valence-electron chi connectivity index (χ1n) is 16.2. The summed E-state index contributed by atoms with van der Waals surface area (Å²) in [7, 11) is 0. The molecule has 55 heavy (non-hydrogen) atoms. The Bertz CT molecular complexity index is 2650. The Morgan fingerprint density at radius 3 is 2.09 bits per heavy atom. The number of thiazole rings is 1. The number of benzene rings is 3. The number of hydrogen-bond donors (Lipinski definition) is 3. The van der Waals surface area contributed by atoms with Crippen LogP contribution >= 0.6 is 34.5 Å². The monoisotopic (exact) mass is 818 g/mol. The maximum absolute atomic E-state index is 15.6. The quantitative estimate of drug-likeness (QED) is 0.123. The molecule has 4 aromatic heterocycles. The summed E-state index contributed by atoms with van der Waals surface area (Å²) in [5.74, 6) is -6.28. The van der Waals surface area contributed by atoms with E-state index in [1.165, 1.54) is 36.6 Å². The summed E-state index contributed by atoms with van der Waals surface area (Å²) in [6.45, 7) is 2.37. The standard InChI is InChI=1S/C35H25Cl2F5N8O4S/c1-15-45-33(50(47-15)19-7-24(38)32-27(8-19)55-16(2)46-32)35(49-13-18(11-44-49)21-4-6-23(37)31(42)29(21)40)34(53,9-25(52)26(14-51)54-35)48-12-17(10-43-48)20-3-5-22(36)30(41)28(20)39/h3-8,10-13,25-26,51-53H,9,14H2,1-2H3/t25-,26-,34-,35?/m0/s1. The fourth-order valence-corrected chi connectivity index (χ4v) is 7.92. The van der Waals surface area contributed by atoms with Gasteiger partial charge in [0.15, 0.2) is 34.9 Å². The molecule has 4 atom stereocenters. The first-order chi connectivity index (χ1) is 26.2. The van der Waals surface area contributed by atoms with E-state index in [4.69, 9.17) is 27.9 Å². The van der Waals surface area contributed by atoms with Crippen molar-refractivity contribution in [2.24, 2.45) is 0 Å². The number of ether oxygens (including phenoxy) is 1. The van der Waals surface area contributed by atoms with Crippen LogP contribution in [0.15, 0.2) is 61.2 Å². The summed E-state index contributed by atoms with van der Waals surface area (Å²) in [6.07, 6.45) is 0.721. The second kappa shape index (κ2) is 13.4. The molecule has 0 saturated carbocycles. The number of aliphatic hydroxyl groups is 3. The molecule has 1 aliphatic rings. The summed E-state index contributed by atoms with van der Waals surface area (Å²) < 4.78 is 85.4. The lowest BCUT2D eigenvalue weighted by Gasteiger charge is -2.51. The van der Waals surface area contributed by atoms with Crippen molar-refractivity contribution in [2.45, 2.75) is 43.9 Å². The smallest absolute Gasteiger partial charge is 0.272 e. The van der Waals surface area contributed by atoms with E-state index >= 15 is 13.2 Å². The van der Waals surface area contributed by atoms with Gasteiger partial charge in [-0.25, -0.2) is 46.0 Å². The third kappa shape index (κ3) is 5.73. The molecule has 5 heterocycles. The minimum absolute atomic E-state index is 0.0553. The Morgan fingerprint density at radius 1 is 0.873 bits per heavy atom. The molecule has 1 aliphatic heterocycles. The predicted molar refractivity (Wildman–Crippen MR) is 189 cm³/mol.